The molecular weight excluding hydrogens is 469 g/mol. The molecule has 0 unspecified atom stereocenters. The standard InChI is InChI=1S/C22H17F3N6O2.H2S/c1-12-11-30(14-6-4-13(5-7-14)22(23,24)25)21(32)19-16(10-28-31(12)19)17-9-18(33-29-17)15-3-2-8-27-20(15)26;/h2-10,12H,11H2,1H3,(H2,26,27);1H2/t12-;/m0./s1. The molecule has 1 aliphatic rings. The van der Waals surface area contributed by atoms with Crippen molar-refractivity contribution < 1.29 is 22.5 Å². The number of aromatic nitrogens is 4. The third kappa shape index (κ3) is 3.89. The van der Waals surface area contributed by atoms with Crippen LogP contribution in [0.3, 0.4) is 0 Å². The van der Waals surface area contributed by atoms with Crippen molar-refractivity contribution >= 4 is 30.9 Å². The number of nitrogens with zero attached hydrogens (tertiary/aromatic N) is 5. The van der Waals surface area contributed by atoms with Crippen molar-refractivity contribution in [2.75, 3.05) is 17.2 Å². The van der Waals surface area contributed by atoms with E-state index < -0.39 is 17.6 Å². The zero-order chi connectivity index (χ0) is 23.3. The summed E-state index contributed by atoms with van der Waals surface area (Å²) >= 11 is 0. The first-order valence-electron chi connectivity index (χ1n) is 9.98. The molecule has 3 aromatic heterocycles. The molecule has 1 aliphatic heterocycles. The van der Waals surface area contributed by atoms with E-state index in [1.165, 1.54) is 23.2 Å². The Balaban J connectivity index is 0.00000274. The quantitative estimate of drug-likeness (QED) is 0.454. The smallest absolute Gasteiger partial charge is 0.383 e. The highest BCUT2D eigenvalue weighted by atomic mass is 32.1. The van der Waals surface area contributed by atoms with Gasteiger partial charge < -0.3 is 15.2 Å². The van der Waals surface area contributed by atoms with Gasteiger partial charge in [0.15, 0.2) is 5.76 Å². The predicted octanol–water partition coefficient (Wildman–Crippen LogP) is 4.54. The molecule has 1 atom stereocenters. The van der Waals surface area contributed by atoms with Crippen LogP contribution in [0.4, 0.5) is 24.7 Å². The van der Waals surface area contributed by atoms with Crippen LogP contribution < -0.4 is 10.6 Å². The number of carbonyl (C=O) groups is 1. The lowest BCUT2D eigenvalue weighted by Gasteiger charge is -2.32. The summed E-state index contributed by atoms with van der Waals surface area (Å²) in [4.78, 5) is 18.8. The monoisotopic (exact) mass is 488 g/mol. The first-order chi connectivity index (χ1) is 15.7. The molecule has 4 aromatic rings. The minimum absolute atomic E-state index is 0. The fourth-order valence-corrected chi connectivity index (χ4v) is 3.86. The summed E-state index contributed by atoms with van der Waals surface area (Å²) in [7, 11) is 0. The van der Waals surface area contributed by atoms with Gasteiger partial charge in [0.05, 0.1) is 28.9 Å². The van der Waals surface area contributed by atoms with E-state index >= 15 is 0 Å². The van der Waals surface area contributed by atoms with Gasteiger partial charge in [0.1, 0.15) is 17.2 Å². The van der Waals surface area contributed by atoms with Crippen molar-refractivity contribution in [2.45, 2.75) is 19.1 Å². The van der Waals surface area contributed by atoms with Crippen molar-refractivity contribution in [1.29, 1.82) is 0 Å². The molecule has 1 aromatic carbocycles. The number of fused-ring (bicyclic) bond motifs is 1. The van der Waals surface area contributed by atoms with E-state index in [0.29, 0.717) is 28.3 Å². The number of nitrogens with two attached hydrogens (primary N) is 1. The van der Waals surface area contributed by atoms with Gasteiger partial charge in [-0.15, -0.1) is 0 Å². The fourth-order valence-electron chi connectivity index (χ4n) is 3.86. The molecule has 2 N–H and O–H groups in total. The van der Waals surface area contributed by atoms with Crippen LogP contribution in [0, 0.1) is 0 Å². The van der Waals surface area contributed by atoms with E-state index in [9.17, 15) is 18.0 Å². The van der Waals surface area contributed by atoms with E-state index in [2.05, 4.69) is 15.2 Å². The summed E-state index contributed by atoms with van der Waals surface area (Å²) in [5.74, 6) is 0.257. The molecule has 0 aliphatic carbocycles. The average molecular weight is 488 g/mol. The topological polar surface area (TPSA) is 103 Å². The Morgan fingerprint density at radius 2 is 1.88 bits per heavy atom. The van der Waals surface area contributed by atoms with Gasteiger partial charge >= 0.3 is 6.18 Å². The Kier molecular flexibility index (Phi) is 5.86. The molecule has 34 heavy (non-hydrogen) atoms. The van der Waals surface area contributed by atoms with Gasteiger partial charge in [-0.2, -0.15) is 31.8 Å². The number of alkyl halides is 3. The molecule has 1 amide bonds. The van der Waals surface area contributed by atoms with Crippen molar-refractivity contribution in [3.8, 4) is 22.6 Å². The van der Waals surface area contributed by atoms with Crippen LogP contribution in [0.2, 0.25) is 0 Å². The Labute approximate surface area is 198 Å². The molecule has 12 heteroatoms. The largest absolute Gasteiger partial charge is 0.416 e. The highest BCUT2D eigenvalue weighted by Crippen LogP contribution is 2.36. The molecule has 0 radical (unpaired) electrons. The maximum atomic E-state index is 13.4. The second-order valence-electron chi connectivity index (χ2n) is 7.67. The van der Waals surface area contributed by atoms with Crippen LogP contribution in [0.15, 0.2) is 59.4 Å². The molecular formula is C22H19F3N6O2S. The van der Waals surface area contributed by atoms with E-state index in [1.807, 2.05) is 6.92 Å². The van der Waals surface area contributed by atoms with Gasteiger partial charge in [-0.25, -0.2) is 4.98 Å². The third-order valence-electron chi connectivity index (χ3n) is 5.50. The molecule has 4 heterocycles. The predicted molar refractivity (Wildman–Crippen MR) is 124 cm³/mol. The van der Waals surface area contributed by atoms with E-state index in [1.54, 1.807) is 29.1 Å². The zero-order valence-electron chi connectivity index (χ0n) is 17.7. The number of halogens is 3. The van der Waals surface area contributed by atoms with Crippen molar-refractivity contribution in [1.82, 2.24) is 19.9 Å². The maximum absolute atomic E-state index is 13.4. The first-order valence-corrected chi connectivity index (χ1v) is 9.98. The van der Waals surface area contributed by atoms with Gasteiger partial charge in [0, 0.05) is 24.5 Å². The Morgan fingerprint density at radius 3 is 2.56 bits per heavy atom. The number of carbonyl (C=O) groups excluding carboxylic acids is 1. The Bertz CT molecular complexity index is 1350. The van der Waals surface area contributed by atoms with E-state index in [4.69, 9.17) is 10.3 Å². The lowest BCUT2D eigenvalue weighted by atomic mass is 10.1. The van der Waals surface area contributed by atoms with Gasteiger partial charge in [-0.05, 0) is 43.3 Å². The molecule has 5 rings (SSSR count). The van der Waals surface area contributed by atoms with Crippen LogP contribution in [0.1, 0.15) is 29.0 Å². The van der Waals surface area contributed by atoms with Crippen molar-refractivity contribution in [3.05, 3.63) is 66.1 Å². The summed E-state index contributed by atoms with van der Waals surface area (Å²) < 4.78 is 45.8. The minimum atomic E-state index is -4.45. The van der Waals surface area contributed by atoms with Crippen molar-refractivity contribution in [2.24, 2.45) is 0 Å². The maximum Gasteiger partial charge on any atom is 0.416 e. The molecule has 0 bridgehead atoms. The number of benzene rings is 1. The summed E-state index contributed by atoms with van der Waals surface area (Å²) in [6.45, 7) is 2.13. The summed E-state index contributed by atoms with van der Waals surface area (Å²) in [6.07, 6.45) is -1.37. The van der Waals surface area contributed by atoms with Crippen LogP contribution in [-0.4, -0.2) is 32.4 Å². The summed E-state index contributed by atoms with van der Waals surface area (Å²) in [6, 6.07) is 9.37. The molecule has 0 saturated heterocycles. The number of anilines is 2. The van der Waals surface area contributed by atoms with Crippen LogP contribution >= 0.6 is 13.5 Å². The molecule has 0 spiro atoms. The fraction of sp³-hybridized carbons (Fsp3) is 0.182. The second kappa shape index (κ2) is 8.52. The first kappa shape index (κ1) is 23.4. The summed E-state index contributed by atoms with van der Waals surface area (Å²) in [5, 5.41) is 8.41. The normalized spacial score (nSPS) is 15.7. The number of nitrogen functional groups attached to an aromatic ring is 1. The third-order valence-corrected chi connectivity index (χ3v) is 5.50. The number of pyridine rings is 1. The van der Waals surface area contributed by atoms with Gasteiger partial charge in [-0.1, -0.05) is 5.16 Å². The lowest BCUT2D eigenvalue weighted by Crippen LogP contribution is -2.42. The molecule has 0 saturated carbocycles. The Morgan fingerprint density at radius 1 is 1.15 bits per heavy atom. The number of rotatable bonds is 3. The number of amides is 1. The van der Waals surface area contributed by atoms with E-state index in [-0.39, 0.29) is 37.6 Å². The highest BCUT2D eigenvalue weighted by molar-refractivity contribution is 7.59. The SMILES string of the molecule is C[C@H]1CN(c2ccc(C(F)(F)F)cc2)C(=O)c2c(-c3cc(-c4cccnc4N)on3)cnn21.S. The zero-order valence-corrected chi connectivity index (χ0v) is 18.7. The molecule has 8 nitrogen and oxygen atoms in total. The van der Waals surface area contributed by atoms with Crippen LogP contribution in [0.5, 0.6) is 0 Å². The second-order valence-corrected chi connectivity index (χ2v) is 7.67. The van der Waals surface area contributed by atoms with Gasteiger partial charge in [0.25, 0.3) is 5.91 Å². The van der Waals surface area contributed by atoms with Crippen LogP contribution in [0.25, 0.3) is 22.6 Å². The minimum Gasteiger partial charge on any atom is -0.383 e. The summed E-state index contributed by atoms with van der Waals surface area (Å²) in [5.41, 5.74) is 7.14. The average Bonchev–Trinajstić information content (AvgIpc) is 3.44. The lowest BCUT2D eigenvalue weighted by molar-refractivity contribution is -0.137. The Hall–Kier alpha value is -3.80. The van der Waals surface area contributed by atoms with Gasteiger partial charge in [0.2, 0.25) is 0 Å². The van der Waals surface area contributed by atoms with Crippen LogP contribution in [-0.2, 0) is 6.18 Å². The number of hydrogen-bond acceptors (Lipinski definition) is 6. The van der Waals surface area contributed by atoms with Gasteiger partial charge in [-0.3, -0.25) is 9.48 Å². The molecule has 0 fully saturated rings. The van der Waals surface area contributed by atoms with E-state index in [0.717, 1.165) is 12.1 Å². The molecule has 176 valence electrons. The number of hydrogen-bond donors (Lipinski definition) is 1. The highest BCUT2D eigenvalue weighted by Gasteiger charge is 2.35. The van der Waals surface area contributed by atoms with Crippen molar-refractivity contribution in [3.63, 3.8) is 0 Å².